The number of anilines is 1. The fourth-order valence-corrected chi connectivity index (χ4v) is 1.68. The Kier molecular flexibility index (Phi) is 4.59. The van der Waals surface area contributed by atoms with Crippen molar-refractivity contribution in [1.29, 1.82) is 0 Å². The van der Waals surface area contributed by atoms with E-state index in [1.165, 1.54) is 0 Å². The molecule has 0 radical (unpaired) electrons. The fraction of sp³-hybridized carbons (Fsp3) is 0.462. The Morgan fingerprint density at radius 3 is 2.56 bits per heavy atom. The van der Waals surface area contributed by atoms with Crippen LogP contribution in [0.2, 0.25) is 5.02 Å². The second-order valence-corrected chi connectivity index (χ2v) is 5.56. The van der Waals surface area contributed by atoms with E-state index in [9.17, 15) is 4.79 Å². The lowest BCUT2D eigenvalue weighted by atomic mass is 10.1. The molecule has 0 spiro atoms. The third-order valence-electron chi connectivity index (χ3n) is 2.13. The molecule has 0 aliphatic heterocycles. The largest absolute Gasteiger partial charge is 0.444 e. The van der Waals surface area contributed by atoms with Crippen LogP contribution in [0.3, 0.4) is 0 Å². The van der Waals surface area contributed by atoms with Gasteiger partial charge in [-0.25, -0.2) is 4.79 Å². The molecule has 1 aromatic carbocycles. The summed E-state index contributed by atoms with van der Waals surface area (Å²) < 4.78 is 5.16. The molecule has 1 amide bonds. The lowest BCUT2D eigenvalue weighted by Gasteiger charge is -2.20. The summed E-state index contributed by atoms with van der Waals surface area (Å²) in [4.78, 5) is 11.6. The Morgan fingerprint density at radius 2 is 2.06 bits per heavy atom. The Morgan fingerprint density at radius 1 is 1.44 bits per heavy atom. The normalized spacial score (nSPS) is 13.0. The molecule has 0 aliphatic rings. The highest BCUT2D eigenvalue weighted by Gasteiger charge is 2.16. The smallest absolute Gasteiger partial charge is 0.412 e. The highest BCUT2D eigenvalue weighted by Crippen LogP contribution is 2.25. The van der Waals surface area contributed by atoms with Crippen molar-refractivity contribution in [3.8, 4) is 0 Å². The predicted octanol–water partition coefficient (Wildman–Crippen LogP) is 3.71. The molecule has 18 heavy (non-hydrogen) atoms. The molecule has 1 atom stereocenters. The number of hydrogen-bond acceptors (Lipinski definition) is 3. The second kappa shape index (κ2) is 5.59. The van der Waals surface area contributed by atoms with Gasteiger partial charge in [0.1, 0.15) is 5.60 Å². The first kappa shape index (κ1) is 14.8. The summed E-state index contributed by atoms with van der Waals surface area (Å²) in [5.41, 5.74) is 6.65. The van der Waals surface area contributed by atoms with Crippen LogP contribution in [0, 0.1) is 0 Å². The van der Waals surface area contributed by atoms with Crippen molar-refractivity contribution in [2.75, 3.05) is 5.32 Å². The maximum atomic E-state index is 11.6. The predicted molar refractivity (Wildman–Crippen MR) is 73.9 cm³/mol. The lowest BCUT2D eigenvalue weighted by molar-refractivity contribution is 0.0636. The minimum Gasteiger partial charge on any atom is -0.444 e. The van der Waals surface area contributed by atoms with Crippen LogP contribution in [-0.4, -0.2) is 11.7 Å². The van der Waals surface area contributed by atoms with E-state index < -0.39 is 11.7 Å². The SMILES string of the molecule is C[C@H](N)c1cc(NC(=O)OC(C)(C)C)ccc1Cl. The minimum absolute atomic E-state index is 0.196. The molecule has 1 rings (SSSR count). The second-order valence-electron chi connectivity index (χ2n) is 5.15. The quantitative estimate of drug-likeness (QED) is 0.861. The van der Waals surface area contributed by atoms with Gasteiger partial charge in [-0.1, -0.05) is 11.6 Å². The highest BCUT2D eigenvalue weighted by atomic mass is 35.5. The van der Waals surface area contributed by atoms with Gasteiger partial charge in [0.2, 0.25) is 0 Å². The van der Waals surface area contributed by atoms with E-state index >= 15 is 0 Å². The van der Waals surface area contributed by atoms with Gasteiger partial charge in [0.25, 0.3) is 0 Å². The lowest BCUT2D eigenvalue weighted by Crippen LogP contribution is -2.27. The zero-order valence-corrected chi connectivity index (χ0v) is 11.8. The summed E-state index contributed by atoms with van der Waals surface area (Å²) in [6.07, 6.45) is -0.500. The van der Waals surface area contributed by atoms with Gasteiger partial charge in [0, 0.05) is 16.8 Å². The van der Waals surface area contributed by atoms with Gasteiger partial charge in [-0.15, -0.1) is 0 Å². The van der Waals surface area contributed by atoms with E-state index in [0.717, 1.165) is 5.56 Å². The van der Waals surface area contributed by atoms with Gasteiger partial charge >= 0.3 is 6.09 Å². The number of nitrogens with two attached hydrogens (primary N) is 1. The minimum atomic E-state index is -0.527. The average molecular weight is 271 g/mol. The first-order valence-electron chi connectivity index (χ1n) is 5.74. The van der Waals surface area contributed by atoms with Crippen LogP contribution in [-0.2, 0) is 4.74 Å². The van der Waals surface area contributed by atoms with E-state index in [2.05, 4.69) is 5.32 Å². The van der Waals surface area contributed by atoms with E-state index in [0.29, 0.717) is 10.7 Å². The van der Waals surface area contributed by atoms with Gasteiger partial charge in [-0.2, -0.15) is 0 Å². The molecule has 3 N–H and O–H groups in total. The number of ether oxygens (including phenoxy) is 1. The monoisotopic (exact) mass is 270 g/mol. The van der Waals surface area contributed by atoms with Crippen LogP contribution in [0.5, 0.6) is 0 Å². The molecule has 4 nitrogen and oxygen atoms in total. The van der Waals surface area contributed by atoms with Gasteiger partial charge < -0.3 is 10.5 Å². The van der Waals surface area contributed by atoms with E-state index in [4.69, 9.17) is 22.1 Å². The van der Waals surface area contributed by atoms with E-state index in [1.54, 1.807) is 18.2 Å². The molecule has 0 heterocycles. The summed E-state index contributed by atoms with van der Waals surface area (Å²) in [6.45, 7) is 7.25. The number of amides is 1. The zero-order chi connectivity index (χ0) is 13.9. The van der Waals surface area contributed by atoms with Crippen molar-refractivity contribution in [3.63, 3.8) is 0 Å². The van der Waals surface area contributed by atoms with Gasteiger partial charge in [0.05, 0.1) is 0 Å². The van der Waals surface area contributed by atoms with Crippen LogP contribution >= 0.6 is 11.6 Å². The topological polar surface area (TPSA) is 64.3 Å². The standard InChI is InChI=1S/C13H19ClN2O2/c1-8(15)10-7-9(5-6-11(10)14)16-12(17)18-13(2,3)4/h5-8H,15H2,1-4H3,(H,16,17)/t8-/m0/s1. The number of rotatable bonds is 2. The third-order valence-corrected chi connectivity index (χ3v) is 2.48. The van der Waals surface area contributed by atoms with Crippen LogP contribution in [0.25, 0.3) is 0 Å². The Hall–Kier alpha value is -1.26. The number of hydrogen-bond donors (Lipinski definition) is 2. The van der Waals surface area contributed by atoms with Crippen molar-refractivity contribution in [3.05, 3.63) is 28.8 Å². The molecule has 5 heteroatoms. The summed E-state index contributed by atoms with van der Waals surface area (Å²) in [7, 11) is 0. The first-order valence-corrected chi connectivity index (χ1v) is 6.12. The Bertz CT molecular complexity index is 439. The first-order chi connectivity index (χ1) is 8.19. The molecule has 0 aromatic heterocycles. The van der Waals surface area contributed by atoms with Gasteiger partial charge in [0.15, 0.2) is 0 Å². The molecule has 1 aromatic rings. The van der Waals surface area contributed by atoms with Crippen molar-refractivity contribution < 1.29 is 9.53 Å². The molecule has 0 bridgehead atoms. The van der Waals surface area contributed by atoms with E-state index in [1.807, 2.05) is 27.7 Å². The Labute approximate surface area is 112 Å². The highest BCUT2D eigenvalue weighted by molar-refractivity contribution is 6.31. The molecule has 100 valence electrons. The summed E-state index contributed by atoms with van der Waals surface area (Å²) >= 11 is 6.01. The fourth-order valence-electron chi connectivity index (χ4n) is 1.39. The molecule has 0 saturated carbocycles. The maximum Gasteiger partial charge on any atom is 0.412 e. The number of benzene rings is 1. The van der Waals surface area contributed by atoms with Crippen molar-refractivity contribution >= 4 is 23.4 Å². The maximum absolute atomic E-state index is 11.6. The van der Waals surface area contributed by atoms with Gasteiger partial charge in [-0.05, 0) is 51.5 Å². The zero-order valence-electron chi connectivity index (χ0n) is 11.1. The average Bonchev–Trinajstić information content (AvgIpc) is 2.17. The van der Waals surface area contributed by atoms with Crippen LogP contribution in [0.1, 0.15) is 39.3 Å². The summed E-state index contributed by atoms with van der Waals surface area (Å²) in [5.74, 6) is 0. The van der Waals surface area contributed by atoms with Crippen molar-refractivity contribution in [1.82, 2.24) is 0 Å². The van der Waals surface area contributed by atoms with Crippen molar-refractivity contribution in [2.45, 2.75) is 39.3 Å². The Balaban J connectivity index is 2.80. The molecular formula is C13H19ClN2O2. The van der Waals surface area contributed by atoms with E-state index in [-0.39, 0.29) is 6.04 Å². The number of carbonyl (C=O) groups excluding carboxylic acids is 1. The van der Waals surface area contributed by atoms with Crippen LogP contribution < -0.4 is 11.1 Å². The molecule has 0 aliphatic carbocycles. The van der Waals surface area contributed by atoms with Gasteiger partial charge in [-0.3, -0.25) is 5.32 Å². The summed E-state index contributed by atoms with van der Waals surface area (Å²) in [5, 5.41) is 3.23. The number of nitrogens with one attached hydrogen (secondary N) is 1. The molecule has 0 fully saturated rings. The molecular weight excluding hydrogens is 252 g/mol. The van der Waals surface area contributed by atoms with Crippen molar-refractivity contribution in [2.24, 2.45) is 5.73 Å². The molecule has 0 unspecified atom stereocenters. The third kappa shape index (κ3) is 4.55. The van der Waals surface area contributed by atoms with Crippen LogP contribution in [0.4, 0.5) is 10.5 Å². The number of halogens is 1. The number of carbonyl (C=O) groups is 1. The summed E-state index contributed by atoms with van der Waals surface area (Å²) in [6, 6.07) is 4.96. The molecule has 0 saturated heterocycles. The van der Waals surface area contributed by atoms with Crippen LogP contribution in [0.15, 0.2) is 18.2 Å².